The summed E-state index contributed by atoms with van der Waals surface area (Å²) in [6, 6.07) is 15.8. The highest BCUT2D eigenvalue weighted by molar-refractivity contribution is 7.12. The van der Waals surface area contributed by atoms with Crippen molar-refractivity contribution in [2.24, 2.45) is 0 Å². The molecular weight excluding hydrogens is 448 g/mol. The average Bonchev–Trinajstić information content (AvgIpc) is 3.28. The second-order valence-corrected chi connectivity index (χ2v) is 9.56. The first-order valence-corrected chi connectivity index (χ1v) is 12.5. The normalized spacial score (nSPS) is 15.0. The van der Waals surface area contributed by atoms with E-state index in [0.29, 0.717) is 43.9 Å². The fourth-order valence-corrected chi connectivity index (χ4v) is 5.19. The van der Waals surface area contributed by atoms with Crippen LogP contribution in [0.15, 0.2) is 53.9 Å². The van der Waals surface area contributed by atoms with E-state index in [1.807, 2.05) is 60.8 Å². The number of thiophene rings is 1. The Balaban J connectivity index is 1.30. The molecular formula is C26H30N4O3S. The summed E-state index contributed by atoms with van der Waals surface area (Å²) >= 11 is 1.38. The Morgan fingerprint density at radius 2 is 1.71 bits per heavy atom. The predicted octanol–water partition coefficient (Wildman–Crippen LogP) is 2.54. The van der Waals surface area contributed by atoms with Crippen molar-refractivity contribution in [2.75, 3.05) is 26.2 Å². The molecule has 1 aromatic heterocycles. The molecule has 1 fully saturated rings. The van der Waals surface area contributed by atoms with Crippen LogP contribution in [0.4, 0.5) is 0 Å². The van der Waals surface area contributed by atoms with Gasteiger partial charge < -0.3 is 21.3 Å². The zero-order valence-corrected chi connectivity index (χ0v) is 20.1. The Morgan fingerprint density at radius 3 is 2.47 bits per heavy atom. The number of carbonyl (C=O) groups is 3. The first-order valence-electron chi connectivity index (χ1n) is 11.6. The van der Waals surface area contributed by atoms with Crippen LogP contribution in [0.2, 0.25) is 0 Å². The fourth-order valence-electron chi connectivity index (χ4n) is 4.37. The molecule has 3 aromatic rings. The summed E-state index contributed by atoms with van der Waals surface area (Å²) < 4.78 is 0. The Labute approximate surface area is 203 Å². The molecule has 3 amide bonds. The van der Waals surface area contributed by atoms with Gasteiger partial charge in [0.2, 0.25) is 11.8 Å². The Bertz CT molecular complexity index is 1180. The smallest absolute Gasteiger partial charge is 0.262 e. The third-order valence-corrected chi connectivity index (χ3v) is 7.29. The summed E-state index contributed by atoms with van der Waals surface area (Å²) in [5.41, 5.74) is 0.923. The molecule has 0 bridgehead atoms. The zero-order chi connectivity index (χ0) is 24.0. The molecule has 2 heterocycles. The largest absolute Gasteiger partial charge is 0.354 e. The molecule has 2 aromatic carbocycles. The molecule has 0 saturated carbocycles. The van der Waals surface area contributed by atoms with E-state index in [0.717, 1.165) is 21.9 Å². The first-order chi connectivity index (χ1) is 16.5. The summed E-state index contributed by atoms with van der Waals surface area (Å²) in [6.45, 7) is 3.81. The van der Waals surface area contributed by atoms with Crippen LogP contribution in [0.1, 0.15) is 33.6 Å². The van der Waals surface area contributed by atoms with E-state index in [9.17, 15) is 14.4 Å². The van der Waals surface area contributed by atoms with Crippen LogP contribution in [-0.4, -0.2) is 49.4 Å². The molecule has 0 aliphatic carbocycles. The van der Waals surface area contributed by atoms with Crippen LogP contribution in [-0.2, 0) is 16.0 Å². The number of aryl methyl sites for hydroxylation is 1. The van der Waals surface area contributed by atoms with Gasteiger partial charge in [0.1, 0.15) is 5.54 Å². The lowest BCUT2D eigenvalue weighted by molar-refractivity contribution is -0.128. The molecule has 0 unspecified atom stereocenters. The number of nitrogens with one attached hydrogen (secondary N) is 4. The molecule has 178 valence electrons. The van der Waals surface area contributed by atoms with Crippen molar-refractivity contribution in [1.29, 1.82) is 0 Å². The maximum atomic E-state index is 13.1. The number of hydrogen-bond acceptors (Lipinski definition) is 5. The zero-order valence-electron chi connectivity index (χ0n) is 19.3. The standard InChI is InChI=1S/C26H30N4O3S/c1-18-9-16-34-23(18)24(32)30-26(10-12-27-13-11-26)25(33)29-15-14-28-22(31)17-20-7-4-6-19-5-2-3-8-21(19)20/h2-9,16,27H,10-15,17H2,1H3,(H,28,31)(H,29,33)(H,30,32). The quantitative estimate of drug-likeness (QED) is 0.374. The van der Waals surface area contributed by atoms with Crippen molar-refractivity contribution in [3.05, 3.63) is 69.9 Å². The lowest BCUT2D eigenvalue weighted by Crippen LogP contribution is -2.63. The highest BCUT2D eigenvalue weighted by Crippen LogP contribution is 2.22. The van der Waals surface area contributed by atoms with Crippen LogP contribution >= 0.6 is 11.3 Å². The summed E-state index contributed by atoms with van der Waals surface area (Å²) in [4.78, 5) is 39.1. The van der Waals surface area contributed by atoms with E-state index >= 15 is 0 Å². The van der Waals surface area contributed by atoms with Gasteiger partial charge in [-0.2, -0.15) is 0 Å². The van der Waals surface area contributed by atoms with Crippen molar-refractivity contribution in [3.63, 3.8) is 0 Å². The number of piperidine rings is 1. The molecule has 1 saturated heterocycles. The van der Waals surface area contributed by atoms with Gasteiger partial charge in [-0.25, -0.2) is 0 Å². The molecule has 34 heavy (non-hydrogen) atoms. The molecule has 4 N–H and O–H groups in total. The van der Waals surface area contributed by atoms with Gasteiger partial charge in [0.25, 0.3) is 5.91 Å². The monoisotopic (exact) mass is 478 g/mol. The molecule has 0 atom stereocenters. The molecule has 8 heteroatoms. The van der Waals surface area contributed by atoms with Gasteiger partial charge in [-0.3, -0.25) is 14.4 Å². The maximum absolute atomic E-state index is 13.1. The van der Waals surface area contributed by atoms with Crippen LogP contribution < -0.4 is 21.3 Å². The van der Waals surface area contributed by atoms with E-state index < -0.39 is 5.54 Å². The van der Waals surface area contributed by atoms with Crippen molar-refractivity contribution in [1.82, 2.24) is 21.3 Å². The van der Waals surface area contributed by atoms with Crippen molar-refractivity contribution < 1.29 is 14.4 Å². The van der Waals surface area contributed by atoms with Crippen molar-refractivity contribution in [3.8, 4) is 0 Å². The van der Waals surface area contributed by atoms with Gasteiger partial charge in [0.05, 0.1) is 11.3 Å². The SMILES string of the molecule is Cc1ccsc1C(=O)NC1(C(=O)NCCNC(=O)Cc2cccc3ccccc23)CCNCC1. The number of benzene rings is 2. The van der Waals surface area contributed by atoms with Gasteiger partial charge in [0, 0.05) is 13.1 Å². The minimum absolute atomic E-state index is 0.0938. The second-order valence-electron chi connectivity index (χ2n) is 8.64. The minimum atomic E-state index is -0.953. The molecule has 1 aliphatic heterocycles. The lowest BCUT2D eigenvalue weighted by Gasteiger charge is -2.37. The van der Waals surface area contributed by atoms with Crippen LogP contribution in [0, 0.1) is 6.92 Å². The number of hydrogen-bond donors (Lipinski definition) is 4. The highest BCUT2D eigenvalue weighted by atomic mass is 32.1. The second kappa shape index (κ2) is 10.8. The van der Waals surface area contributed by atoms with E-state index in [2.05, 4.69) is 21.3 Å². The van der Waals surface area contributed by atoms with Crippen LogP contribution in [0.5, 0.6) is 0 Å². The molecule has 0 radical (unpaired) electrons. The third-order valence-electron chi connectivity index (χ3n) is 6.28. The van der Waals surface area contributed by atoms with Gasteiger partial charge >= 0.3 is 0 Å². The summed E-state index contributed by atoms with van der Waals surface area (Å²) in [5, 5.41) is 16.1. The van der Waals surface area contributed by atoms with Crippen molar-refractivity contribution >= 4 is 39.8 Å². The Hall–Kier alpha value is -3.23. The average molecular weight is 479 g/mol. The molecule has 0 spiro atoms. The van der Waals surface area contributed by atoms with Crippen LogP contribution in [0.3, 0.4) is 0 Å². The summed E-state index contributed by atoms with van der Waals surface area (Å²) in [7, 11) is 0. The number of amides is 3. The topological polar surface area (TPSA) is 99.3 Å². The van der Waals surface area contributed by atoms with Crippen LogP contribution in [0.25, 0.3) is 10.8 Å². The fraction of sp³-hybridized carbons (Fsp3) is 0.346. The number of carbonyl (C=O) groups excluding carboxylic acids is 3. The van der Waals surface area contributed by atoms with Crippen molar-refractivity contribution in [2.45, 2.75) is 31.7 Å². The first kappa shape index (κ1) is 23.9. The molecule has 1 aliphatic rings. The number of rotatable bonds is 8. The number of fused-ring (bicyclic) bond motifs is 1. The summed E-state index contributed by atoms with van der Waals surface area (Å²) in [5.74, 6) is -0.517. The Kier molecular flexibility index (Phi) is 7.59. The van der Waals surface area contributed by atoms with Gasteiger partial charge in [-0.05, 0) is 66.2 Å². The third kappa shape index (κ3) is 5.46. The van der Waals surface area contributed by atoms with E-state index in [-0.39, 0.29) is 24.1 Å². The van der Waals surface area contributed by atoms with E-state index in [1.165, 1.54) is 11.3 Å². The van der Waals surface area contributed by atoms with Gasteiger partial charge in [0.15, 0.2) is 0 Å². The van der Waals surface area contributed by atoms with E-state index in [1.54, 1.807) is 0 Å². The lowest BCUT2D eigenvalue weighted by atomic mass is 9.87. The highest BCUT2D eigenvalue weighted by Gasteiger charge is 2.41. The van der Waals surface area contributed by atoms with Gasteiger partial charge in [-0.1, -0.05) is 42.5 Å². The minimum Gasteiger partial charge on any atom is -0.354 e. The van der Waals surface area contributed by atoms with Gasteiger partial charge in [-0.15, -0.1) is 11.3 Å². The maximum Gasteiger partial charge on any atom is 0.262 e. The van der Waals surface area contributed by atoms with E-state index in [4.69, 9.17) is 0 Å². The molecule has 4 rings (SSSR count). The Morgan fingerprint density at radius 1 is 0.971 bits per heavy atom. The molecule has 7 nitrogen and oxygen atoms in total. The predicted molar refractivity (Wildman–Crippen MR) is 135 cm³/mol. The summed E-state index contributed by atoms with van der Waals surface area (Å²) in [6.07, 6.45) is 1.31.